The zero-order valence-corrected chi connectivity index (χ0v) is 17.1. The molecule has 0 bridgehead atoms. The Kier molecular flexibility index (Phi) is 6.33. The van der Waals surface area contributed by atoms with Gasteiger partial charge in [0.1, 0.15) is 0 Å². The van der Waals surface area contributed by atoms with Crippen LogP contribution < -0.4 is 5.32 Å². The van der Waals surface area contributed by atoms with E-state index in [9.17, 15) is 18.0 Å². The molecule has 2 aromatic heterocycles. The second kappa shape index (κ2) is 8.58. The minimum absolute atomic E-state index is 0.00652. The summed E-state index contributed by atoms with van der Waals surface area (Å²) >= 11 is 7.42. The molecule has 11 heteroatoms. The number of halogens is 4. The van der Waals surface area contributed by atoms with Crippen LogP contribution in [-0.4, -0.2) is 37.8 Å². The van der Waals surface area contributed by atoms with Gasteiger partial charge in [-0.3, -0.25) is 4.79 Å². The Bertz CT molecular complexity index is 1040. The lowest BCUT2D eigenvalue weighted by Gasteiger charge is -2.10. The fraction of sp³-hybridized carbons (Fsp3) is 0.333. The third-order valence-electron chi connectivity index (χ3n) is 4.15. The number of carbonyl (C=O) groups excluding carboxylic acids is 1. The molecule has 0 aliphatic heterocycles. The van der Waals surface area contributed by atoms with Gasteiger partial charge in [0, 0.05) is 39.2 Å². The zero-order chi connectivity index (χ0) is 21.2. The number of aromatic nitrogens is 4. The van der Waals surface area contributed by atoms with Crippen LogP contribution in [-0.2, 0) is 17.4 Å². The van der Waals surface area contributed by atoms with E-state index in [1.165, 1.54) is 0 Å². The minimum Gasteiger partial charge on any atom is -0.355 e. The summed E-state index contributed by atoms with van der Waals surface area (Å²) in [7, 11) is 0. The lowest BCUT2D eigenvalue weighted by Crippen LogP contribution is -2.28. The first-order valence-electron chi connectivity index (χ1n) is 8.60. The first-order chi connectivity index (χ1) is 13.6. The standard InChI is InChI=1S/C18H17ClF3N5OS/c1-10-14(11(2)27-17(24-10)25-16(26-27)18(20,21)22)9-15(28)23-7-8-29-13-5-3-12(19)4-6-13/h3-6H,7-9H2,1-2H3,(H,23,28). The van der Waals surface area contributed by atoms with Gasteiger partial charge in [-0.25, -0.2) is 9.50 Å². The molecule has 29 heavy (non-hydrogen) atoms. The third kappa shape index (κ3) is 5.18. The van der Waals surface area contributed by atoms with Crippen molar-refractivity contribution in [3.63, 3.8) is 0 Å². The highest BCUT2D eigenvalue weighted by molar-refractivity contribution is 7.99. The molecule has 0 unspecified atom stereocenters. The maximum atomic E-state index is 12.8. The monoisotopic (exact) mass is 443 g/mol. The summed E-state index contributed by atoms with van der Waals surface area (Å²) in [6.45, 7) is 3.67. The van der Waals surface area contributed by atoms with Crippen LogP contribution in [0.1, 0.15) is 22.8 Å². The van der Waals surface area contributed by atoms with Crippen molar-refractivity contribution >= 4 is 35.0 Å². The van der Waals surface area contributed by atoms with Crippen molar-refractivity contribution in [1.29, 1.82) is 0 Å². The molecule has 1 aromatic carbocycles. The van der Waals surface area contributed by atoms with E-state index in [0.29, 0.717) is 34.3 Å². The van der Waals surface area contributed by atoms with Crippen LogP contribution in [0.2, 0.25) is 5.02 Å². The van der Waals surface area contributed by atoms with Crippen molar-refractivity contribution in [1.82, 2.24) is 24.9 Å². The molecule has 3 rings (SSSR count). The van der Waals surface area contributed by atoms with E-state index in [4.69, 9.17) is 11.6 Å². The molecule has 0 aliphatic carbocycles. The number of aryl methyl sites for hydroxylation is 2. The highest BCUT2D eigenvalue weighted by Crippen LogP contribution is 2.27. The van der Waals surface area contributed by atoms with E-state index in [0.717, 1.165) is 9.41 Å². The van der Waals surface area contributed by atoms with Crippen molar-refractivity contribution < 1.29 is 18.0 Å². The fourth-order valence-electron chi connectivity index (χ4n) is 2.70. The van der Waals surface area contributed by atoms with Gasteiger partial charge < -0.3 is 5.32 Å². The van der Waals surface area contributed by atoms with E-state index in [1.807, 2.05) is 12.1 Å². The van der Waals surface area contributed by atoms with Crippen LogP contribution in [0.25, 0.3) is 5.78 Å². The molecule has 0 saturated carbocycles. The summed E-state index contributed by atoms with van der Waals surface area (Å²) in [4.78, 5) is 20.8. The first-order valence-corrected chi connectivity index (χ1v) is 9.96. The number of hydrogen-bond acceptors (Lipinski definition) is 5. The summed E-state index contributed by atoms with van der Waals surface area (Å²) in [5.41, 5.74) is 1.38. The summed E-state index contributed by atoms with van der Waals surface area (Å²) in [5, 5.41) is 6.95. The van der Waals surface area contributed by atoms with E-state index in [1.54, 1.807) is 37.7 Å². The normalized spacial score (nSPS) is 11.8. The van der Waals surface area contributed by atoms with Crippen LogP contribution in [0.15, 0.2) is 29.2 Å². The summed E-state index contributed by atoms with van der Waals surface area (Å²) < 4.78 is 39.6. The van der Waals surface area contributed by atoms with Gasteiger partial charge in [0.25, 0.3) is 11.6 Å². The lowest BCUT2D eigenvalue weighted by atomic mass is 10.1. The number of fused-ring (bicyclic) bond motifs is 1. The maximum absolute atomic E-state index is 12.8. The predicted molar refractivity (Wildman–Crippen MR) is 104 cm³/mol. The van der Waals surface area contributed by atoms with E-state index in [-0.39, 0.29) is 18.1 Å². The van der Waals surface area contributed by atoms with Crippen LogP contribution in [0, 0.1) is 13.8 Å². The van der Waals surface area contributed by atoms with Crippen LogP contribution in [0.4, 0.5) is 13.2 Å². The van der Waals surface area contributed by atoms with Crippen molar-refractivity contribution in [3.05, 3.63) is 52.1 Å². The van der Waals surface area contributed by atoms with Gasteiger partial charge in [-0.15, -0.1) is 16.9 Å². The van der Waals surface area contributed by atoms with E-state index >= 15 is 0 Å². The van der Waals surface area contributed by atoms with Crippen molar-refractivity contribution in [2.24, 2.45) is 0 Å². The summed E-state index contributed by atoms with van der Waals surface area (Å²) in [5.74, 6) is -0.977. The zero-order valence-electron chi connectivity index (χ0n) is 15.5. The van der Waals surface area contributed by atoms with Crippen molar-refractivity contribution in [3.8, 4) is 0 Å². The van der Waals surface area contributed by atoms with Gasteiger partial charge in [0.15, 0.2) is 0 Å². The largest absolute Gasteiger partial charge is 0.453 e. The Morgan fingerprint density at radius 3 is 2.55 bits per heavy atom. The molecule has 3 aromatic rings. The van der Waals surface area contributed by atoms with Gasteiger partial charge in [-0.2, -0.15) is 18.2 Å². The smallest absolute Gasteiger partial charge is 0.355 e. The molecular weight excluding hydrogens is 427 g/mol. The van der Waals surface area contributed by atoms with Gasteiger partial charge in [-0.05, 0) is 38.1 Å². The lowest BCUT2D eigenvalue weighted by molar-refractivity contribution is -0.144. The Balaban J connectivity index is 1.62. The fourth-order valence-corrected chi connectivity index (χ4v) is 3.59. The van der Waals surface area contributed by atoms with Crippen molar-refractivity contribution in [2.45, 2.75) is 31.3 Å². The van der Waals surface area contributed by atoms with E-state index < -0.39 is 12.0 Å². The quantitative estimate of drug-likeness (QED) is 0.462. The second-order valence-electron chi connectivity index (χ2n) is 6.24. The number of nitrogens with zero attached hydrogens (tertiary/aromatic N) is 4. The number of carbonyl (C=O) groups is 1. The average molecular weight is 444 g/mol. The highest BCUT2D eigenvalue weighted by atomic mass is 35.5. The van der Waals surface area contributed by atoms with Gasteiger partial charge in [-0.1, -0.05) is 11.6 Å². The number of benzene rings is 1. The second-order valence-corrected chi connectivity index (χ2v) is 7.84. The highest BCUT2D eigenvalue weighted by Gasteiger charge is 2.37. The molecule has 0 fully saturated rings. The molecule has 0 spiro atoms. The molecule has 1 amide bonds. The molecular formula is C18H17ClF3N5OS. The summed E-state index contributed by atoms with van der Waals surface area (Å²) in [6, 6.07) is 7.39. The average Bonchev–Trinajstić information content (AvgIpc) is 3.08. The van der Waals surface area contributed by atoms with Gasteiger partial charge >= 0.3 is 6.18 Å². The summed E-state index contributed by atoms with van der Waals surface area (Å²) in [6.07, 6.45) is -4.67. The Morgan fingerprint density at radius 2 is 1.90 bits per heavy atom. The van der Waals surface area contributed by atoms with Gasteiger partial charge in [0.2, 0.25) is 5.91 Å². The molecule has 1 N–H and O–H groups in total. The number of amides is 1. The van der Waals surface area contributed by atoms with Crippen molar-refractivity contribution in [2.75, 3.05) is 12.3 Å². The number of hydrogen-bond donors (Lipinski definition) is 1. The number of rotatable bonds is 6. The molecule has 0 radical (unpaired) electrons. The Hall–Kier alpha value is -2.33. The predicted octanol–water partition coefficient (Wildman–Crippen LogP) is 3.86. The molecule has 2 heterocycles. The first kappa shape index (κ1) is 21.4. The number of nitrogens with one attached hydrogen (secondary N) is 1. The van der Waals surface area contributed by atoms with Crippen LogP contribution in [0.5, 0.6) is 0 Å². The molecule has 154 valence electrons. The maximum Gasteiger partial charge on any atom is 0.453 e. The van der Waals surface area contributed by atoms with Crippen LogP contribution in [0.3, 0.4) is 0 Å². The third-order valence-corrected chi connectivity index (χ3v) is 5.41. The molecule has 0 saturated heterocycles. The molecule has 0 aliphatic rings. The topological polar surface area (TPSA) is 72.2 Å². The SMILES string of the molecule is Cc1nc2nc(C(F)(F)F)nn2c(C)c1CC(=O)NCCSc1ccc(Cl)cc1. The molecule has 6 nitrogen and oxygen atoms in total. The minimum atomic E-state index is -4.66. The van der Waals surface area contributed by atoms with Gasteiger partial charge in [0.05, 0.1) is 6.42 Å². The Labute approximate surface area is 173 Å². The Morgan fingerprint density at radius 1 is 1.21 bits per heavy atom. The number of thioether (sulfide) groups is 1. The van der Waals surface area contributed by atoms with E-state index in [2.05, 4.69) is 20.4 Å². The molecule has 0 atom stereocenters. The van der Waals surface area contributed by atoms with Crippen LogP contribution >= 0.6 is 23.4 Å². The number of alkyl halides is 3.